The Morgan fingerprint density at radius 1 is 1.00 bits per heavy atom. The van der Waals surface area contributed by atoms with Gasteiger partial charge in [0.1, 0.15) is 5.75 Å². The molecule has 1 N–H and O–H groups in total. The van der Waals surface area contributed by atoms with Crippen molar-refractivity contribution >= 4 is 0 Å². The van der Waals surface area contributed by atoms with E-state index in [0.29, 0.717) is 5.75 Å². The molecule has 0 aliphatic rings. The van der Waals surface area contributed by atoms with Crippen LogP contribution in [0.15, 0.2) is 18.2 Å². The first kappa shape index (κ1) is 20.2. The normalized spacial score (nSPS) is 9.33. The minimum absolute atomic E-state index is 0. The molecule has 0 saturated carbocycles. The molecule has 1 aromatic carbocycles. The van der Waals surface area contributed by atoms with E-state index in [1.807, 2.05) is 13.0 Å². The third-order valence-corrected chi connectivity index (χ3v) is 1.93. The number of aromatic hydroxyl groups is 1. The Morgan fingerprint density at radius 3 is 1.80 bits per heavy atom. The summed E-state index contributed by atoms with van der Waals surface area (Å²) in [4.78, 5) is 0. The predicted molar refractivity (Wildman–Crippen MR) is 64.4 cm³/mol. The van der Waals surface area contributed by atoms with Gasteiger partial charge in [-0.2, -0.15) is 0 Å². The van der Waals surface area contributed by atoms with Gasteiger partial charge in [0.2, 0.25) is 0 Å². The zero-order chi connectivity index (χ0) is 9.35. The maximum absolute atomic E-state index is 9.36. The SMILES string of the molecule is Cc1cc(O)cc(C(C)(C)C)c1.[CH3-].[CH3-].[Ti+2]. The van der Waals surface area contributed by atoms with Gasteiger partial charge in [-0.25, -0.2) is 0 Å². The molecule has 1 aromatic rings. The van der Waals surface area contributed by atoms with Gasteiger partial charge in [0.15, 0.2) is 0 Å². The van der Waals surface area contributed by atoms with Gasteiger partial charge in [-0.1, -0.05) is 26.8 Å². The molecule has 0 aromatic heterocycles. The molecule has 0 heterocycles. The fourth-order valence-electron chi connectivity index (χ4n) is 1.20. The molecule has 0 aliphatic heterocycles. The number of rotatable bonds is 0. The van der Waals surface area contributed by atoms with Crippen LogP contribution < -0.4 is 0 Å². The molecule has 0 saturated heterocycles. The number of phenols is 1. The molecule has 0 atom stereocenters. The third-order valence-electron chi connectivity index (χ3n) is 1.93. The van der Waals surface area contributed by atoms with E-state index in [4.69, 9.17) is 0 Å². The van der Waals surface area contributed by atoms with Crippen molar-refractivity contribution in [2.75, 3.05) is 0 Å². The average Bonchev–Trinajstić information content (AvgIpc) is 1.82. The largest absolute Gasteiger partial charge is 2.00 e. The van der Waals surface area contributed by atoms with Crippen molar-refractivity contribution in [2.45, 2.75) is 33.1 Å². The molecule has 0 spiro atoms. The van der Waals surface area contributed by atoms with Gasteiger partial charge < -0.3 is 20.0 Å². The quantitative estimate of drug-likeness (QED) is 0.540. The van der Waals surface area contributed by atoms with Gasteiger partial charge >= 0.3 is 21.7 Å². The van der Waals surface area contributed by atoms with Crippen molar-refractivity contribution in [3.05, 3.63) is 44.2 Å². The molecule has 2 heteroatoms. The summed E-state index contributed by atoms with van der Waals surface area (Å²) in [5.74, 6) is 0.361. The number of benzene rings is 1. The van der Waals surface area contributed by atoms with E-state index in [-0.39, 0.29) is 42.0 Å². The van der Waals surface area contributed by atoms with Crippen molar-refractivity contribution in [1.82, 2.24) is 0 Å². The van der Waals surface area contributed by atoms with Gasteiger partial charge in [0.25, 0.3) is 0 Å². The van der Waals surface area contributed by atoms with Crippen LogP contribution >= 0.6 is 0 Å². The molecule has 1 nitrogen and oxygen atoms in total. The molecule has 15 heavy (non-hydrogen) atoms. The zero-order valence-electron chi connectivity index (χ0n) is 10.7. The Balaban J connectivity index is -0.000000480. The second-order valence-corrected chi connectivity index (χ2v) is 4.31. The van der Waals surface area contributed by atoms with Gasteiger partial charge in [-0.3, -0.25) is 0 Å². The van der Waals surface area contributed by atoms with Crippen molar-refractivity contribution in [3.63, 3.8) is 0 Å². The van der Waals surface area contributed by atoms with Crippen LogP contribution in [0.2, 0.25) is 0 Å². The summed E-state index contributed by atoms with van der Waals surface area (Å²) in [5.41, 5.74) is 2.41. The Hall–Kier alpha value is -0.266. The summed E-state index contributed by atoms with van der Waals surface area (Å²) in [6, 6.07) is 5.71. The Morgan fingerprint density at radius 2 is 1.47 bits per heavy atom. The van der Waals surface area contributed by atoms with E-state index < -0.39 is 0 Å². The van der Waals surface area contributed by atoms with Crippen molar-refractivity contribution < 1.29 is 26.8 Å². The maximum atomic E-state index is 9.36. The van der Waals surface area contributed by atoms with E-state index in [1.54, 1.807) is 6.07 Å². The fourth-order valence-corrected chi connectivity index (χ4v) is 1.20. The second kappa shape index (κ2) is 7.08. The van der Waals surface area contributed by atoms with Crippen molar-refractivity contribution in [1.29, 1.82) is 0 Å². The minimum Gasteiger partial charge on any atom is -0.508 e. The van der Waals surface area contributed by atoms with Crippen molar-refractivity contribution in [3.8, 4) is 5.75 Å². The third kappa shape index (κ3) is 6.01. The van der Waals surface area contributed by atoms with Gasteiger partial charge in [-0.15, -0.1) is 0 Å². The standard InChI is InChI=1S/C11H16O.2CH3.Ti/c1-8-5-9(11(2,3)4)7-10(12)6-8;;;/h5-7,12H,1-4H3;2*1H3;/q;2*-1;+2. The molecule has 0 fully saturated rings. The summed E-state index contributed by atoms with van der Waals surface area (Å²) in [6.45, 7) is 8.42. The van der Waals surface area contributed by atoms with Gasteiger partial charge in [-0.05, 0) is 35.6 Å². The van der Waals surface area contributed by atoms with Crippen LogP contribution in [-0.4, -0.2) is 5.11 Å². The summed E-state index contributed by atoms with van der Waals surface area (Å²) in [5, 5.41) is 9.36. The van der Waals surface area contributed by atoms with E-state index in [0.717, 1.165) is 5.56 Å². The molecule has 84 valence electrons. The van der Waals surface area contributed by atoms with Crippen LogP contribution in [0.3, 0.4) is 0 Å². The van der Waals surface area contributed by atoms with Gasteiger partial charge in [0.05, 0.1) is 0 Å². The fraction of sp³-hybridized carbons (Fsp3) is 0.385. The molecule has 0 amide bonds. The maximum Gasteiger partial charge on any atom is 2.00 e. The number of aryl methyl sites for hydroxylation is 1. The second-order valence-electron chi connectivity index (χ2n) is 4.31. The monoisotopic (exact) mass is 242 g/mol. The molecular formula is C13H22OTi. The van der Waals surface area contributed by atoms with Crippen LogP contribution in [0.5, 0.6) is 5.75 Å². The summed E-state index contributed by atoms with van der Waals surface area (Å²) >= 11 is 0. The van der Waals surface area contributed by atoms with Crippen LogP contribution in [-0.2, 0) is 27.1 Å². The Kier molecular flexibility index (Phi) is 9.53. The smallest absolute Gasteiger partial charge is 0.508 e. The number of hydrogen-bond acceptors (Lipinski definition) is 1. The topological polar surface area (TPSA) is 20.2 Å². The predicted octanol–water partition coefficient (Wildman–Crippen LogP) is 3.90. The molecular weight excluding hydrogens is 220 g/mol. The zero-order valence-corrected chi connectivity index (χ0v) is 12.2. The van der Waals surface area contributed by atoms with Crippen LogP contribution in [0.1, 0.15) is 31.9 Å². The molecule has 0 radical (unpaired) electrons. The first-order chi connectivity index (χ1) is 5.39. The summed E-state index contributed by atoms with van der Waals surface area (Å²) in [7, 11) is 0. The summed E-state index contributed by atoms with van der Waals surface area (Å²) in [6.07, 6.45) is 0. The Bertz CT molecular complexity index is 267. The summed E-state index contributed by atoms with van der Waals surface area (Å²) < 4.78 is 0. The average molecular weight is 242 g/mol. The number of phenolic OH excluding ortho intramolecular Hbond substituents is 1. The van der Waals surface area contributed by atoms with E-state index in [2.05, 4.69) is 26.8 Å². The first-order valence-corrected chi connectivity index (χ1v) is 4.21. The van der Waals surface area contributed by atoms with Gasteiger partial charge in [0, 0.05) is 0 Å². The minimum atomic E-state index is 0. The van der Waals surface area contributed by atoms with Crippen molar-refractivity contribution in [2.24, 2.45) is 0 Å². The molecule has 0 aliphatic carbocycles. The molecule has 0 unspecified atom stereocenters. The first-order valence-electron chi connectivity index (χ1n) is 4.21. The molecule has 1 rings (SSSR count). The molecule has 0 bridgehead atoms. The van der Waals surface area contributed by atoms with E-state index in [1.165, 1.54) is 5.56 Å². The van der Waals surface area contributed by atoms with E-state index >= 15 is 0 Å². The van der Waals surface area contributed by atoms with Crippen LogP contribution in [0, 0.1) is 21.8 Å². The van der Waals surface area contributed by atoms with E-state index in [9.17, 15) is 5.11 Å². The number of hydrogen-bond donors (Lipinski definition) is 1. The Labute approximate surface area is 110 Å². The van der Waals surface area contributed by atoms with Crippen LogP contribution in [0.25, 0.3) is 0 Å². The van der Waals surface area contributed by atoms with Crippen LogP contribution in [0.4, 0.5) is 0 Å².